The number of aromatic hydroxyl groups is 1. The van der Waals surface area contributed by atoms with E-state index in [1.807, 2.05) is 30.5 Å². The van der Waals surface area contributed by atoms with Gasteiger partial charge < -0.3 is 48.3 Å². The number of hydrogen-bond acceptors (Lipinski definition) is 8. The Balaban J connectivity index is 1.86. The zero-order valence-corrected chi connectivity index (χ0v) is 26.4. The maximum absolute atomic E-state index is 13.9. The number of phenolic OH excluding ortho intramolecular Hbond substituents is 1. The van der Waals surface area contributed by atoms with E-state index in [2.05, 4.69) is 25.9 Å². The van der Waals surface area contributed by atoms with Gasteiger partial charge in [-0.05, 0) is 60.6 Å². The van der Waals surface area contributed by atoms with Gasteiger partial charge in [-0.1, -0.05) is 30.3 Å². The first-order valence-electron chi connectivity index (χ1n) is 14.7. The van der Waals surface area contributed by atoms with Gasteiger partial charge in [-0.25, -0.2) is 4.79 Å². The van der Waals surface area contributed by atoms with Crippen molar-refractivity contribution < 1.29 is 29.4 Å². The Hall–Kier alpha value is -4.76. The summed E-state index contributed by atoms with van der Waals surface area (Å²) in [5.41, 5.74) is 19.0. The fraction of sp³-hybridized carbons (Fsp3) is 0.387. The third kappa shape index (κ3) is 11.0. The normalized spacial score (nSPS) is 13.6. The number of fused-ring (bicyclic) bond motifs is 1. The summed E-state index contributed by atoms with van der Waals surface area (Å²) in [6.45, 7) is 0.283. The maximum atomic E-state index is 13.9. The highest BCUT2D eigenvalue weighted by Gasteiger charge is 2.31. The molecule has 0 saturated heterocycles. The molecule has 46 heavy (non-hydrogen) atoms. The number of aliphatic imine (C=N–C) groups is 1. The van der Waals surface area contributed by atoms with Crippen molar-refractivity contribution in [1.82, 2.24) is 20.9 Å². The van der Waals surface area contributed by atoms with Crippen molar-refractivity contribution in [2.45, 2.75) is 56.3 Å². The number of amides is 3. The van der Waals surface area contributed by atoms with E-state index in [4.69, 9.17) is 17.2 Å². The van der Waals surface area contributed by atoms with Crippen LogP contribution in [-0.2, 0) is 32.0 Å². The Morgan fingerprint density at radius 3 is 2.17 bits per heavy atom. The molecule has 0 aliphatic rings. The van der Waals surface area contributed by atoms with Gasteiger partial charge in [0.25, 0.3) is 0 Å². The van der Waals surface area contributed by atoms with E-state index in [9.17, 15) is 29.4 Å². The van der Waals surface area contributed by atoms with Crippen LogP contribution in [0.2, 0.25) is 0 Å². The number of thioether (sulfide) groups is 1. The molecule has 14 nitrogen and oxygen atoms in total. The van der Waals surface area contributed by atoms with Crippen molar-refractivity contribution in [3.8, 4) is 5.75 Å². The lowest BCUT2D eigenvalue weighted by Crippen LogP contribution is -2.58. The van der Waals surface area contributed by atoms with Gasteiger partial charge in [0.2, 0.25) is 17.7 Å². The zero-order valence-electron chi connectivity index (χ0n) is 25.6. The number of nitrogens with one attached hydrogen (secondary N) is 4. The van der Waals surface area contributed by atoms with E-state index in [0.717, 1.165) is 16.5 Å². The lowest BCUT2D eigenvalue weighted by atomic mass is 10.0. The number of H-pyrrole nitrogens is 1. The monoisotopic (exact) mass is 654 g/mol. The van der Waals surface area contributed by atoms with Crippen LogP contribution in [0.1, 0.15) is 30.4 Å². The van der Waals surface area contributed by atoms with Gasteiger partial charge >= 0.3 is 5.97 Å². The zero-order chi connectivity index (χ0) is 33.6. The van der Waals surface area contributed by atoms with Crippen molar-refractivity contribution in [1.29, 1.82) is 0 Å². The van der Waals surface area contributed by atoms with Gasteiger partial charge in [0.05, 0.1) is 6.04 Å². The molecule has 1 heterocycles. The summed E-state index contributed by atoms with van der Waals surface area (Å²) in [5.74, 6) is -2.70. The van der Waals surface area contributed by atoms with Gasteiger partial charge in [-0.2, -0.15) is 11.8 Å². The summed E-state index contributed by atoms with van der Waals surface area (Å²) in [4.78, 5) is 59.4. The minimum absolute atomic E-state index is 0.00915. The highest BCUT2D eigenvalue weighted by atomic mass is 32.2. The molecule has 3 amide bonds. The Morgan fingerprint density at radius 1 is 0.891 bits per heavy atom. The number of guanidine groups is 1. The number of aliphatic carboxylic acids is 1. The van der Waals surface area contributed by atoms with E-state index >= 15 is 0 Å². The highest BCUT2D eigenvalue weighted by Crippen LogP contribution is 2.20. The molecule has 1 aromatic heterocycles. The Kier molecular flexibility index (Phi) is 13.7. The fourth-order valence-corrected chi connectivity index (χ4v) is 5.25. The summed E-state index contributed by atoms with van der Waals surface area (Å²) in [6.07, 6.45) is 4.50. The summed E-state index contributed by atoms with van der Waals surface area (Å²) >= 11 is 1.44. The van der Waals surface area contributed by atoms with Crippen molar-refractivity contribution in [2.75, 3.05) is 18.6 Å². The molecule has 4 atom stereocenters. The summed E-state index contributed by atoms with van der Waals surface area (Å²) in [7, 11) is 0. The Labute approximate surface area is 271 Å². The summed E-state index contributed by atoms with van der Waals surface area (Å²) in [5, 5.41) is 28.3. The molecule has 0 fully saturated rings. The smallest absolute Gasteiger partial charge is 0.326 e. The largest absolute Gasteiger partial charge is 0.508 e. The highest BCUT2D eigenvalue weighted by molar-refractivity contribution is 7.98. The molecular weight excluding hydrogens is 612 g/mol. The number of aromatic amines is 1. The predicted octanol–water partition coefficient (Wildman–Crippen LogP) is 0.332. The number of carboxylic acid groups (broad SMARTS) is 1. The SMILES string of the molecule is CSCCC(NC(=O)C(Cc1ccc(O)cc1)NC(=O)C(Cc1c[nH]c2ccccc12)NC(=O)C(N)CCCN=C(N)N)C(=O)O. The van der Waals surface area contributed by atoms with Gasteiger partial charge in [0, 0.05) is 36.5 Å². The Bertz CT molecular complexity index is 1510. The van der Waals surface area contributed by atoms with Gasteiger partial charge in [0.1, 0.15) is 23.9 Å². The number of rotatable bonds is 18. The number of nitrogens with zero attached hydrogens (tertiary/aromatic N) is 1. The average molecular weight is 655 g/mol. The quantitative estimate of drug-likeness (QED) is 0.0516. The second kappa shape index (κ2) is 17.7. The van der Waals surface area contributed by atoms with Crippen molar-refractivity contribution in [3.05, 3.63) is 65.9 Å². The maximum Gasteiger partial charge on any atom is 0.326 e. The Morgan fingerprint density at radius 2 is 1.52 bits per heavy atom. The van der Waals surface area contributed by atoms with Crippen LogP contribution in [0.15, 0.2) is 59.7 Å². The molecule has 12 N–H and O–H groups in total. The molecule has 0 saturated carbocycles. The molecule has 0 aliphatic carbocycles. The van der Waals surface area contributed by atoms with E-state index in [-0.39, 0.29) is 43.9 Å². The van der Waals surface area contributed by atoms with Crippen molar-refractivity contribution in [3.63, 3.8) is 0 Å². The van der Waals surface area contributed by atoms with E-state index in [0.29, 0.717) is 17.7 Å². The number of carboxylic acids is 1. The third-order valence-corrected chi connectivity index (χ3v) is 7.91. The standard InChI is InChI=1S/C31H42N8O6S/c1-46-14-12-24(30(44)45)37-28(42)25(15-18-8-10-20(40)11-9-18)39-29(43)26(16-19-17-36-23-7-3-2-5-21(19)23)38-27(41)22(32)6-4-13-35-31(33)34/h2-3,5,7-11,17,22,24-26,36,40H,4,6,12-16,32H2,1H3,(H,37,42)(H,38,41)(H,39,43)(H,44,45)(H4,33,34,35). The number of nitrogens with two attached hydrogens (primary N) is 3. The molecule has 4 unspecified atom stereocenters. The molecule has 0 radical (unpaired) electrons. The van der Waals surface area contributed by atoms with Gasteiger partial charge in [0.15, 0.2) is 5.96 Å². The molecule has 0 spiro atoms. The van der Waals surface area contributed by atoms with Crippen LogP contribution < -0.4 is 33.2 Å². The number of aromatic nitrogens is 1. The van der Waals surface area contributed by atoms with Crippen molar-refractivity contribution in [2.24, 2.45) is 22.2 Å². The van der Waals surface area contributed by atoms with E-state index in [1.165, 1.54) is 23.9 Å². The third-order valence-electron chi connectivity index (χ3n) is 7.27. The van der Waals surface area contributed by atoms with Crippen LogP contribution in [-0.4, -0.2) is 87.6 Å². The lowest BCUT2D eigenvalue weighted by molar-refractivity contribution is -0.142. The molecule has 0 bridgehead atoms. The van der Waals surface area contributed by atoms with Gasteiger partial charge in [-0.3, -0.25) is 19.4 Å². The van der Waals surface area contributed by atoms with Crippen LogP contribution in [0.25, 0.3) is 10.9 Å². The van der Waals surface area contributed by atoms with Crippen LogP contribution in [0.4, 0.5) is 0 Å². The second-order valence-corrected chi connectivity index (χ2v) is 11.8. The fourth-order valence-electron chi connectivity index (χ4n) is 4.77. The van der Waals surface area contributed by atoms with E-state index in [1.54, 1.807) is 18.3 Å². The molecular formula is C31H42N8O6S. The first kappa shape index (κ1) is 35.7. The van der Waals surface area contributed by atoms with Crippen LogP contribution in [0.3, 0.4) is 0 Å². The lowest BCUT2D eigenvalue weighted by Gasteiger charge is -2.25. The minimum atomic E-state index is -1.20. The summed E-state index contributed by atoms with van der Waals surface area (Å²) < 4.78 is 0. The first-order valence-corrected chi connectivity index (χ1v) is 16.1. The number of para-hydroxylation sites is 1. The van der Waals surface area contributed by atoms with Crippen molar-refractivity contribution >= 4 is 52.3 Å². The van der Waals surface area contributed by atoms with Crippen LogP contribution >= 0.6 is 11.8 Å². The first-order chi connectivity index (χ1) is 22.0. The number of carbonyl (C=O) groups is 4. The number of hydrogen-bond donors (Lipinski definition) is 9. The molecule has 3 rings (SSSR count). The number of carbonyl (C=O) groups excluding carboxylic acids is 3. The molecule has 15 heteroatoms. The average Bonchev–Trinajstić information content (AvgIpc) is 3.43. The van der Waals surface area contributed by atoms with E-state index < -0.39 is 47.9 Å². The molecule has 2 aromatic carbocycles. The number of benzene rings is 2. The molecule has 0 aliphatic heterocycles. The van der Waals surface area contributed by atoms with Crippen LogP contribution in [0.5, 0.6) is 5.75 Å². The second-order valence-electron chi connectivity index (χ2n) is 10.8. The predicted molar refractivity (Wildman–Crippen MR) is 178 cm³/mol. The number of phenols is 1. The molecule has 3 aromatic rings. The minimum Gasteiger partial charge on any atom is -0.508 e. The topological polar surface area (TPSA) is 251 Å². The summed E-state index contributed by atoms with van der Waals surface area (Å²) in [6, 6.07) is 9.09. The van der Waals surface area contributed by atoms with Gasteiger partial charge in [-0.15, -0.1) is 0 Å². The molecule has 248 valence electrons. The van der Waals surface area contributed by atoms with Crippen LogP contribution in [0, 0.1) is 0 Å².